The molecular formula is C13H20N4O2. The summed E-state index contributed by atoms with van der Waals surface area (Å²) in [4.78, 5) is 22.4. The molecule has 0 radical (unpaired) electrons. The molecular weight excluding hydrogens is 244 g/mol. The first kappa shape index (κ1) is 13.7. The average Bonchev–Trinajstić information content (AvgIpc) is 2.37. The number of nitrogens with two attached hydrogens (primary N) is 1. The van der Waals surface area contributed by atoms with Crippen LogP contribution in [0.3, 0.4) is 0 Å². The highest BCUT2D eigenvalue weighted by Crippen LogP contribution is 2.20. The number of morpholine rings is 1. The number of rotatable bonds is 3. The number of aromatic nitrogens is 2. The van der Waals surface area contributed by atoms with Crippen molar-refractivity contribution in [2.45, 2.75) is 32.7 Å². The maximum atomic E-state index is 11.5. The first-order valence-corrected chi connectivity index (χ1v) is 6.48. The van der Waals surface area contributed by atoms with E-state index in [1.54, 1.807) is 0 Å². The molecule has 0 aliphatic carbocycles. The molecule has 0 aromatic carbocycles. The first-order valence-electron chi connectivity index (χ1n) is 6.48. The molecule has 1 aromatic rings. The second-order valence-corrected chi connectivity index (χ2v) is 5.07. The van der Waals surface area contributed by atoms with Gasteiger partial charge in [-0.15, -0.1) is 0 Å². The minimum Gasteiger partial charge on any atom is -0.377 e. The molecule has 19 heavy (non-hydrogen) atoms. The SMILES string of the molecule is Cc1cc(N2CCOC[C@H]2C(N)=O)nc(C(C)C)n1. The molecule has 6 nitrogen and oxygen atoms in total. The van der Waals surface area contributed by atoms with Crippen molar-refractivity contribution in [3.05, 3.63) is 17.6 Å². The molecule has 1 saturated heterocycles. The number of carbonyl (C=O) groups excluding carboxylic acids is 1. The number of carbonyl (C=O) groups is 1. The molecule has 104 valence electrons. The molecule has 2 heterocycles. The van der Waals surface area contributed by atoms with Crippen molar-refractivity contribution >= 4 is 11.7 Å². The molecule has 0 bridgehead atoms. The van der Waals surface area contributed by atoms with Gasteiger partial charge < -0.3 is 15.4 Å². The van der Waals surface area contributed by atoms with E-state index in [0.29, 0.717) is 19.8 Å². The normalized spacial score (nSPS) is 19.8. The fraction of sp³-hybridized carbons (Fsp3) is 0.615. The molecule has 1 amide bonds. The zero-order chi connectivity index (χ0) is 14.0. The number of hydrogen-bond donors (Lipinski definition) is 1. The van der Waals surface area contributed by atoms with Gasteiger partial charge in [0, 0.05) is 24.2 Å². The highest BCUT2D eigenvalue weighted by Gasteiger charge is 2.29. The van der Waals surface area contributed by atoms with Crippen LogP contribution in [0, 0.1) is 6.92 Å². The Bertz CT molecular complexity index is 476. The molecule has 2 N–H and O–H groups in total. The van der Waals surface area contributed by atoms with E-state index in [4.69, 9.17) is 10.5 Å². The molecule has 0 saturated carbocycles. The van der Waals surface area contributed by atoms with Crippen molar-refractivity contribution in [3.63, 3.8) is 0 Å². The zero-order valence-electron chi connectivity index (χ0n) is 11.6. The van der Waals surface area contributed by atoms with Crippen molar-refractivity contribution < 1.29 is 9.53 Å². The number of nitrogens with zero attached hydrogens (tertiary/aromatic N) is 3. The maximum absolute atomic E-state index is 11.5. The lowest BCUT2D eigenvalue weighted by Crippen LogP contribution is -2.53. The summed E-state index contributed by atoms with van der Waals surface area (Å²) in [6.45, 7) is 7.52. The van der Waals surface area contributed by atoms with Crippen molar-refractivity contribution in [2.75, 3.05) is 24.7 Å². The summed E-state index contributed by atoms with van der Waals surface area (Å²) in [5.74, 6) is 1.39. The van der Waals surface area contributed by atoms with Crippen molar-refractivity contribution in [1.29, 1.82) is 0 Å². The van der Waals surface area contributed by atoms with E-state index in [0.717, 1.165) is 17.3 Å². The van der Waals surface area contributed by atoms with Crippen LogP contribution in [0.4, 0.5) is 5.82 Å². The molecule has 1 fully saturated rings. The van der Waals surface area contributed by atoms with E-state index in [2.05, 4.69) is 9.97 Å². The van der Waals surface area contributed by atoms with E-state index in [1.807, 2.05) is 31.7 Å². The average molecular weight is 264 g/mol. The first-order chi connectivity index (χ1) is 8.99. The molecule has 1 aliphatic rings. The number of anilines is 1. The third-order valence-corrected chi connectivity index (χ3v) is 3.13. The van der Waals surface area contributed by atoms with Crippen LogP contribution < -0.4 is 10.6 Å². The van der Waals surface area contributed by atoms with E-state index in [9.17, 15) is 4.79 Å². The third kappa shape index (κ3) is 3.01. The smallest absolute Gasteiger partial charge is 0.242 e. The van der Waals surface area contributed by atoms with Gasteiger partial charge in [-0.05, 0) is 6.92 Å². The number of hydrogen-bond acceptors (Lipinski definition) is 5. The van der Waals surface area contributed by atoms with Crippen LogP contribution in [0.5, 0.6) is 0 Å². The lowest BCUT2D eigenvalue weighted by atomic mass is 10.2. The Kier molecular flexibility index (Phi) is 3.99. The summed E-state index contributed by atoms with van der Waals surface area (Å²) in [6, 6.07) is 1.43. The molecule has 2 rings (SSSR count). The van der Waals surface area contributed by atoms with Gasteiger partial charge in [-0.25, -0.2) is 9.97 Å². The highest BCUT2D eigenvalue weighted by atomic mass is 16.5. The lowest BCUT2D eigenvalue weighted by molar-refractivity contribution is -0.121. The van der Waals surface area contributed by atoms with Crippen LogP contribution in [-0.2, 0) is 9.53 Å². The van der Waals surface area contributed by atoms with E-state index < -0.39 is 6.04 Å². The number of aryl methyl sites for hydroxylation is 1. The Labute approximate surface area is 113 Å². The summed E-state index contributed by atoms with van der Waals surface area (Å²) in [7, 11) is 0. The minimum absolute atomic E-state index is 0.242. The summed E-state index contributed by atoms with van der Waals surface area (Å²) >= 11 is 0. The monoisotopic (exact) mass is 264 g/mol. The van der Waals surface area contributed by atoms with Crippen molar-refractivity contribution in [3.8, 4) is 0 Å². The van der Waals surface area contributed by atoms with Crippen LogP contribution >= 0.6 is 0 Å². The highest BCUT2D eigenvalue weighted by molar-refractivity contribution is 5.83. The van der Waals surface area contributed by atoms with Gasteiger partial charge in [0.25, 0.3) is 0 Å². The summed E-state index contributed by atoms with van der Waals surface area (Å²) in [5, 5.41) is 0. The second kappa shape index (κ2) is 5.52. The molecule has 0 spiro atoms. The van der Waals surface area contributed by atoms with Crippen LogP contribution in [0.1, 0.15) is 31.3 Å². The van der Waals surface area contributed by atoms with E-state index >= 15 is 0 Å². The van der Waals surface area contributed by atoms with Gasteiger partial charge in [-0.1, -0.05) is 13.8 Å². The standard InChI is InChI=1S/C13H20N4O2/c1-8(2)13-15-9(3)6-11(16-13)17-4-5-19-7-10(17)12(14)18/h6,8,10H,4-5,7H2,1-3H3,(H2,14,18)/t10-/m0/s1. The largest absolute Gasteiger partial charge is 0.377 e. The molecule has 6 heteroatoms. The predicted octanol–water partition coefficient (Wildman–Crippen LogP) is 0.599. The van der Waals surface area contributed by atoms with Gasteiger partial charge in [-0.3, -0.25) is 4.79 Å². The Morgan fingerprint density at radius 3 is 2.89 bits per heavy atom. The van der Waals surface area contributed by atoms with Gasteiger partial charge in [0.15, 0.2) is 0 Å². The van der Waals surface area contributed by atoms with Crippen molar-refractivity contribution in [1.82, 2.24) is 9.97 Å². The Morgan fingerprint density at radius 1 is 1.53 bits per heavy atom. The van der Waals surface area contributed by atoms with Crippen LogP contribution in [-0.4, -0.2) is 41.7 Å². The summed E-state index contributed by atoms with van der Waals surface area (Å²) in [6.07, 6.45) is 0. The Hall–Kier alpha value is -1.69. The summed E-state index contributed by atoms with van der Waals surface area (Å²) < 4.78 is 5.32. The van der Waals surface area contributed by atoms with Gasteiger partial charge in [0.05, 0.1) is 13.2 Å². The topological polar surface area (TPSA) is 81.3 Å². The van der Waals surface area contributed by atoms with E-state index in [1.165, 1.54) is 0 Å². The molecule has 1 aliphatic heterocycles. The lowest BCUT2D eigenvalue weighted by Gasteiger charge is -2.34. The zero-order valence-corrected chi connectivity index (χ0v) is 11.6. The maximum Gasteiger partial charge on any atom is 0.242 e. The third-order valence-electron chi connectivity index (χ3n) is 3.13. The Morgan fingerprint density at radius 2 is 2.26 bits per heavy atom. The second-order valence-electron chi connectivity index (χ2n) is 5.07. The molecule has 0 unspecified atom stereocenters. The van der Waals surface area contributed by atoms with Gasteiger partial charge in [0.2, 0.25) is 5.91 Å². The van der Waals surface area contributed by atoms with Gasteiger partial charge in [0.1, 0.15) is 17.7 Å². The number of amides is 1. The van der Waals surface area contributed by atoms with Gasteiger partial charge in [-0.2, -0.15) is 0 Å². The quantitative estimate of drug-likeness (QED) is 0.864. The fourth-order valence-electron chi connectivity index (χ4n) is 2.09. The van der Waals surface area contributed by atoms with Crippen LogP contribution in [0.15, 0.2) is 6.07 Å². The Balaban J connectivity index is 2.35. The minimum atomic E-state index is -0.455. The fourth-order valence-corrected chi connectivity index (χ4v) is 2.09. The van der Waals surface area contributed by atoms with Gasteiger partial charge >= 0.3 is 0 Å². The van der Waals surface area contributed by atoms with Crippen LogP contribution in [0.25, 0.3) is 0 Å². The molecule has 1 atom stereocenters. The van der Waals surface area contributed by atoms with E-state index in [-0.39, 0.29) is 11.8 Å². The molecule has 1 aromatic heterocycles. The summed E-state index contributed by atoms with van der Waals surface area (Å²) in [5.41, 5.74) is 6.32. The predicted molar refractivity (Wildman–Crippen MR) is 72.0 cm³/mol. The van der Waals surface area contributed by atoms with Crippen LogP contribution in [0.2, 0.25) is 0 Å². The number of ether oxygens (including phenoxy) is 1. The number of primary amides is 1. The van der Waals surface area contributed by atoms with Crippen molar-refractivity contribution in [2.24, 2.45) is 5.73 Å².